The SMILES string of the molecule is Cc1c(NC(=O)c2ccc(S(F)(F)(F)(F)F)cc2)cc(F)cc1-c1ncnc2[nH]c(C3=CCN(C(=O)OC(C)(C)C)CC3)cc12. The Morgan fingerprint density at radius 3 is 2.31 bits per heavy atom. The van der Waals surface area contributed by atoms with E-state index in [1.165, 1.54) is 12.4 Å². The highest BCUT2D eigenvalue weighted by molar-refractivity contribution is 8.45. The predicted octanol–water partition coefficient (Wildman–Crippen LogP) is 9.01. The van der Waals surface area contributed by atoms with Gasteiger partial charge in [0.25, 0.3) is 5.91 Å². The molecule has 2 N–H and O–H groups in total. The molecule has 0 saturated carbocycles. The molecule has 0 unspecified atom stereocenters. The maximum Gasteiger partial charge on any atom is 0.410 e. The van der Waals surface area contributed by atoms with Gasteiger partial charge in [-0.15, -0.1) is 0 Å². The molecule has 8 nitrogen and oxygen atoms in total. The summed E-state index contributed by atoms with van der Waals surface area (Å²) in [5.41, 5.74) is 2.23. The summed E-state index contributed by atoms with van der Waals surface area (Å²) in [6, 6.07) is 5.59. The number of hydrogen-bond donors (Lipinski definition) is 2. The Labute approximate surface area is 254 Å². The van der Waals surface area contributed by atoms with Gasteiger partial charge in [-0.05, 0) is 87.7 Å². The molecule has 2 amide bonds. The number of benzene rings is 2. The number of ether oxygens (including phenoxy) is 1. The van der Waals surface area contributed by atoms with Crippen molar-refractivity contribution in [2.24, 2.45) is 0 Å². The summed E-state index contributed by atoms with van der Waals surface area (Å²) in [6.45, 7) is 7.75. The molecule has 0 radical (unpaired) electrons. The number of amides is 2. The topological polar surface area (TPSA) is 100 Å². The Hall–Kier alpha value is -4.53. The fourth-order valence-electron chi connectivity index (χ4n) is 4.85. The van der Waals surface area contributed by atoms with Crippen LogP contribution in [0.5, 0.6) is 0 Å². The van der Waals surface area contributed by atoms with E-state index < -0.39 is 38.5 Å². The second kappa shape index (κ2) is 10.3. The van der Waals surface area contributed by atoms with Crippen molar-refractivity contribution in [2.75, 3.05) is 18.4 Å². The summed E-state index contributed by atoms with van der Waals surface area (Å²) in [6.07, 6.45) is 3.32. The Bertz CT molecular complexity index is 1870. The minimum atomic E-state index is -9.91. The Balaban J connectivity index is 1.41. The third-order valence-electron chi connectivity index (χ3n) is 7.07. The van der Waals surface area contributed by atoms with Gasteiger partial charge in [-0.2, -0.15) is 0 Å². The van der Waals surface area contributed by atoms with Crippen molar-refractivity contribution >= 4 is 44.5 Å². The van der Waals surface area contributed by atoms with Crippen molar-refractivity contribution in [1.82, 2.24) is 19.9 Å². The molecule has 0 spiro atoms. The standard InChI is InChI=1S/C30H29F6N5O3S/c1-17-22(13-20(31)14-24(17)40-28(42)19-5-7-21(8-6-19)45(32,33,34,35)36)26-23-15-25(39-27(23)38-16-37-26)18-9-11-41(12-10-18)29(43)44-30(2,3)4/h5-9,13-16H,10-12H2,1-4H3,(H,40,42)(H,37,38,39). The smallest absolute Gasteiger partial charge is 0.410 e. The van der Waals surface area contributed by atoms with E-state index >= 15 is 0 Å². The van der Waals surface area contributed by atoms with E-state index in [1.54, 1.807) is 32.6 Å². The van der Waals surface area contributed by atoms with Gasteiger partial charge in [-0.25, -0.2) is 19.2 Å². The number of halogens is 6. The molecule has 5 rings (SSSR count). The molecule has 15 heteroatoms. The number of H-pyrrole nitrogens is 1. The van der Waals surface area contributed by atoms with E-state index in [4.69, 9.17) is 4.74 Å². The van der Waals surface area contributed by atoms with Crippen LogP contribution in [0.25, 0.3) is 27.9 Å². The molecule has 1 aliphatic heterocycles. The lowest BCUT2D eigenvalue weighted by atomic mass is 10.00. The second-order valence-corrected chi connectivity index (χ2v) is 14.1. The van der Waals surface area contributed by atoms with Crippen molar-refractivity contribution in [3.8, 4) is 11.3 Å². The maximum absolute atomic E-state index is 14.9. The number of nitrogens with zero attached hydrogens (tertiary/aromatic N) is 3. The van der Waals surface area contributed by atoms with Gasteiger partial charge in [0, 0.05) is 41.0 Å². The maximum atomic E-state index is 14.9. The van der Waals surface area contributed by atoms with Crippen molar-refractivity contribution in [2.45, 2.75) is 44.6 Å². The highest BCUT2D eigenvalue weighted by Gasteiger charge is 2.65. The zero-order valence-electron chi connectivity index (χ0n) is 24.6. The van der Waals surface area contributed by atoms with Crippen LogP contribution < -0.4 is 5.32 Å². The van der Waals surface area contributed by atoms with E-state index in [-0.39, 0.29) is 23.4 Å². The average Bonchev–Trinajstić information content (AvgIpc) is 3.37. The highest BCUT2D eigenvalue weighted by atomic mass is 32.5. The number of carbonyl (C=O) groups excluding carboxylic acids is 2. The molecule has 3 heterocycles. The molecule has 45 heavy (non-hydrogen) atoms. The second-order valence-electron chi connectivity index (χ2n) is 11.6. The summed E-state index contributed by atoms with van der Waals surface area (Å²) in [4.78, 5) is 36.6. The van der Waals surface area contributed by atoms with Crippen molar-refractivity contribution in [3.63, 3.8) is 0 Å². The Morgan fingerprint density at radius 1 is 1.02 bits per heavy atom. The largest absolute Gasteiger partial charge is 0.444 e. The van der Waals surface area contributed by atoms with Gasteiger partial charge in [0.15, 0.2) is 0 Å². The first-order chi connectivity index (χ1) is 20.7. The first-order valence-corrected chi connectivity index (χ1v) is 15.6. The van der Waals surface area contributed by atoms with Gasteiger partial charge in [0.2, 0.25) is 0 Å². The Morgan fingerprint density at radius 2 is 1.71 bits per heavy atom. The minimum Gasteiger partial charge on any atom is -0.444 e. The normalized spacial score (nSPS) is 15.7. The lowest BCUT2D eigenvalue weighted by molar-refractivity contribution is 0.0270. The number of hydrogen-bond acceptors (Lipinski definition) is 5. The zero-order chi connectivity index (χ0) is 33.0. The number of aromatic amines is 1. The number of nitrogens with one attached hydrogen (secondary N) is 2. The summed E-state index contributed by atoms with van der Waals surface area (Å²) < 4.78 is 85.6. The molecule has 2 aromatic heterocycles. The van der Waals surface area contributed by atoms with Crippen LogP contribution >= 0.6 is 10.2 Å². The molecular formula is C30H29F6N5O3S. The van der Waals surface area contributed by atoms with Crippen molar-refractivity contribution < 1.29 is 38.1 Å². The van der Waals surface area contributed by atoms with Gasteiger partial charge in [-0.3, -0.25) is 4.79 Å². The fraction of sp³-hybridized carbons (Fsp3) is 0.267. The molecule has 0 aliphatic carbocycles. The number of carbonyl (C=O) groups is 2. The van der Waals surface area contributed by atoms with E-state index in [1.807, 2.05) is 12.1 Å². The molecule has 4 aromatic rings. The number of aromatic nitrogens is 3. The molecule has 240 valence electrons. The van der Waals surface area contributed by atoms with Crippen molar-refractivity contribution in [3.05, 3.63) is 77.5 Å². The number of fused-ring (bicyclic) bond motifs is 1. The fourth-order valence-corrected chi connectivity index (χ4v) is 5.50. The third kappa shape index (κ3) is 7.08. The molecular weight excluding hydrogens is 624 g/mol. The average molecular weight is 654 g/mol. The summed E-state index contributed by atoms with van der Waals surface area (Å²) in [5.74, 6) is -1.66. The van der Waals surface area contributed by atoms with Crippen LogP contribution in [0.15, 0.2) is 59.8 Å². The van der Waals surface area contributed by atoms with E-state index in [9.17, 15) is 33.4 Å². The molecule has 1 aliphatic rings. The van der Waals surface area contributed by atoms with E-state index in [0.717, 1.165) is 17.3 Å². The summed E-state index contributed by atoms with van der Waals surface area (Å²) in [5, 5.41) is 3.00. The quantitative estimate of drug-likeness (QED) is 0.210. The van der Waals surface area contributed by atoms with Gasteiger partial charge < -0.3 is 19.9 Å². The first-order valence-electron chi connectivity index (χ1n) is 13.7. The van der Waals surface area contributed by atoms with Crippen LogP contribution in [0.3, 0.4) is 0 Å². The number of anilines is 1. The monoisotopic (exact) mass is 653 g/mol. The van der Waals surface area contributed by atoms with E-state index in [0.29, 0.717) is 59.5 Å². The molecule has 0 fully saturated rings. The van der Waals surface area contributed by atoms with Gasteiger partial charge in [0.05, 0.1) is 5.69 Å². The van der Waals surface area contributed by atoms with Crippen LogP contribution in [-0.4, -0.2) is 50.5 Å². The lowest BCUT2D eigenvalue weighted by Gasteiger charge is -2.40. The van der Waals surface area contributed by atoms with Crippen molar-refractivity contribution in [1.29, 1.82) is 0 Å². The predicted molar refractivity (Wildman–Crippen MR) is 160 cm³/mol. The Kier molecular flexibility index (Phi) is 7.27. The van der Waals surface area contributed by atoms with Gasteiger partial charge >= 0.3 is 16.3 Å². The first kappa shape index (κ1) is 31.9. The van der Waals surface area contributed by atoms with Crippen LogP contribution in [0.4, 0.5) is 34.3 Å². The molecule has 0 atom stereocenters. The van der Waals surface area contributed by atoms with Crippen LogP contribution in [0.1, 0.15) is 48.8 Å². The zero-order valence-corrected chi connectivity index (χ0v) is 25.4. The molecule has 0 bridgehead atoms. The lowest BCUT2D eigenvalue weighted by Crippen LogP contribution is -2.39. The van der Waals surface area contributed by atoms with Crippen LogP contribution in [-0.2, 0) is 4.74 Å². The van der Waals surface area contributed by atoms with Crippen LogP contribution in [0.2, 0.25) is 0 Å². The highest BCUT2D eigenvalue weighted by Crippen LogP contribution is 3.02. The van der Waals surface area contributed by atoms with Gasteiger partial charge in [-0.1, -0.05) is 25.5 Å². The molecule has 2 aromatic carbocycles. The minimum absolute atomic E-state index is 0.00605. The number of rotatable bonds is 5. The van der Waals surface area contributed by atoms with E-state index in [2.05, 4.69) is 20.3 Å². The summed E-state index contributed by atoms with van der Waals surface area (Å²) >= 11 is 0. The third-order valence-corrected chi connectivity index (χ3v) is 8.23. The molecule has 0 saturated heterocycles. The van der Waals surface area contributed by atoms with Gasteiger partial charge in [0.1, 0.15) is 28.3 Å². The summed E-state index contributed by atoms with van der Waals surface area (Å²) in [7, 11) is -9.91. The van der Waals surface area contributed by atoms with Crippen LogP contribution in [0, 0.1) is 12.7 Å².